The minimum Gasteiger partial charge on any atom is -0.488 e. The fraction of sp³-hybridized carbons (Fsp3) is 0.310. The first-order valence-corrected chi connectivity index (χ1v) is 11.7. The first-order valence-electron chi connectivity index (χ1n) is 11.7. The Kier molecular flexibility index (Phi) is 6.22. The molecule has 1 heterocycles. The van der Waals surface area contributed by atoms with E-state index < -0.39 is 17.8 Å². The van der Waals surface area contributed by atoms with Crippen molar-refractivity contribution in [2.24, 2.45) is 5.73 Å². The van der Waals surface area contributed by atoms with Crippen LogP contribution in [0, 0.1) is 6.92 Å². The van der Waals surface area contributed by atoms with Crippen LogP contribution >= 0.6 is 0 Å². The maximum absolute atomic E-state index is 12.8. The van der Waals surface area contributed by atoms with E-state index >= 15 is 0 Å². The Bertz CT molecular complexity index is 1260. The van der Waals surface area contributed by atoms with Crippen molar-refractivity contribution in [2.45, 2.75) is 59.0 Å². The van der Waals surface area contributed by atoms with Crippen molar-refractivity contribution in [3.63, 3.8) is 0 Å². The quantitative estimate of drug-likeness (QED) is 0.484. The molecular weight excluding hydrogens is 426 g/mol. The van der Waals surface area contributed by atoms with Crippen LogP contribution in [0.5, 0.6) is 5.75 Å². The largest absolute Gasteiger partial charge is 0.488 e. The van der Waals surface area contributed by atoms with Crippen LogP contribution in [0.1, 0.15) is 105 Å². The number of ether oxygens (including phenoxy) is 1. The molecule has 1 atom stereocenters. The van der Waals surface area contributed by atoms with Gasteiger partial charge in [0.2, 0.25) is 5.91 Å². The van der Waals surface area contributed by atoms with E-state index in [4.69, 9.17) is 10.5 Å². The average Bonchev–Trinajstić information content (AvgIpc) is 2.94. The second-order valence-electron chi connectivity index (χ2n) is 9.61. The summed E-state index contributed by atoms with van der Waals surface area (Å²) in [6.45, 7) is 10.5. The lowest BCUT2D eigenvalue weighted by Gasteiger charge is -2.30. The van der Waals surface area contributed by atoms with E-state index in [0.717, 1.165) is 27.8 Å². The van der Waals surface area contributed by atoms with E-state index in [9.17, 15) is 14.7 Å². The Morgan fingerprint density at radius 3 is 2.15 bits per heavy atom. The zero-order chi connectivity index (χ0) is 24.7. The number of primary amides is 1. The Morgan fingerprint density at radius 2 is 1.59 bits per heavy atom. The van der Waals surface area contributed by atoms with Crippen LogP contribution in [0.4, 0.5) is 0 Å². The number of carbonyl (C=O) groups excluding carboxylic acids is 1. The van der Waals surface area contributed by atoms with Gasteiger partial charge in [0.25, 0.3) is 0 Å². The molecule has 3 N–H and O–H groups in total. The van der Waals surface area contributed by atoms with Crippen molar-refractivity contribution in [2.75, 3.05) is 0 Å². The standard InChI is InChI=1S/C29H31NO4/c1-15(2)19-11-8-12-20(16(3)4)24(19)25-21-10-7-6-9-18(21)14-34-27-22(29(32)33)13-17(5)23(26(25)27)28(30)31/h6-13,15-16,25H,14H2,1-5H3,(H2,30,31)(H,32,33). The maximum atomic E-state index is 12.8. The van der Waals surface area contributed by atoms with E-state index in [1.165, 1.54) is 6.07 Å². The van der Waals surface area contributed by atoms with Gasteiger partial charge in [-0.15, -0.1) is 0 Å². The Balaban J connectivity index is 2.25. The van der Waals surface area contributed by atoms with E-state index in [1.54, 1.807) is 6.92 Å². The highest BCUT2D eigenvalue weighted by Gasteiger charge is 2.36. The number of aryl methyl sites for hydroxylation is 1. The van der Waals surface area contributed by atoms with Gasteiger partial charge in [0, 0.05) is 17.0 Å². The van der Waals surface area contributed by atoms with Crippen LogP contribution in [0.25, 0.3) is 0 Å². The summed E-state index contributed by atoms with van der Waals surface area (Å²) in [6, 6.07) is 15.8. The molecule has 34 heavy (non-hydrogen) atoms. The molecular formula is C29H31NO4. The van der Waals surface area contributed by atoms with Gasteiger partial charge in [-0.05, 0) is 58.2 Å². The van der Waals surface area contributed by atoms with E-state index in [-0.39, 0.29) is 29.8 Å². The van der Waals surface area contributed by atoms with Crippen molar-refractivity contribution in [1.29, 1.82) is 0 Å². The molecule has 0 bridgehead atoms. The van der Waals surface area contributed by atoms with E-state index in [2.05, 4.69) is 45.9 Å². The average molecular weight is 458 g/mol. The number of carbonyl (C=O) groups is 2. The number of carboxylic acid groups (broad SMARTS) is 1. The molecule has 176 valence electrons. The smallest absolute Gasteiger partial charge is 0.339 e. The molecule has 4 rings (SSSR count). The van der Waals surface area contributed by atoms with E-state index in [1.807, 2.05) is 24.3 Å². The van der Waals surface area contributed by atoms with Crippen LogP contribution in [-0.2, 0) is 6.61 Å². The monoisotopic (exact) mass is 457 g/mol. The minimum absolute atomic E-state index is 0.0448. The maximum Gasteiger partial charge on any atom is 0.339 e. The Labute approximate surface area is 200 Å². The molecule has 5 nitrogen and oxygen atoms in total. The normalized spacial score (nSPS) is 14.9. The van der Waals surface area contributed by atoms with Gasteiger partial charge in [-0.1, -0.05) is 70.2 Å². The van der Waals surface area contributed by atoms with Gasteiger partial charge >= 0.3 is 5.97 Å². The molecule has 0 saturated carbocycles. The summed E-state index contributed by atoms with van der Waals surface area (Å²) in [5.74, 6) is -1.43. The first kappa shape index (κ1) is 23.6. The molecule has 1 aliphatic rings. The third-order valence-electron chi connectivity index (χ3n) is 6.72. The third kappa shape index (κ3) is 3.85. The fourth-order valence-corrected chi connectivity index (χ4v) is 5.24. The lowest BCUT2D eigenvalue weighted by molar-refractivity contribution is 0.0690. The summed E-state index contributed by atoms with van der Waals surface area (Å²) in [5.41, 5.74) is 12.8. The van der Waals surface area contributed by atoms with E-state index in [0.29, 0.717) is 16.7 Å². The van der Waals surface area contributed by atoms with Gasteiger partial charge in [0.15, 0.2) is 0 Å². The SMILES string of the molecule is Cc1cc(C(=O)O)c2c(c1C(N)=O)C(c1c(C(C)C)cccc1C(C)C)c1ccccc1CO2. The summed E-state index contributed by atoms with van der Waals surface area (Å²) >= 11 is 0. The Morgan fingerprint density at radius 1 is 0.971 bits per heavy atom. The minimum atomic E-state index is -1.10. The molecule has 0 saturated heterocycles. The van der Waals surface area contributed by atoms with Gasteiger partial charge in [0.1, 0.15) is 17.9 Å². The van der Waals surface area contributed by atoms with Crippen LogP contribution < -0.4 is 10.5 Å². The highest BCUT2D eigenvalue weighted by molar-refractivity contribution is 6.01. The molecule has 0 radical (unpaired) electrons. The zero-order valence-electron chi connectivity index (χ0n) is 20.3. The van der Waals surface area contributed by atoms with Gasteiger partial charge in [-0.3, -0.25) is 4.79 Å². The number of hydrogen-bond acceptors (Lipinski definition) is 3. The van der Waals surface area contributed by atoms with Crippen LogP contribution in [-0.4, -0.2) is 17.0 Å². The number of hydrogen-bond donors (Lipinski definition) is 2. The molecule has 3 aromatic rings. The molecule has 5 heteroatoms. The molecule has 1 aliphatic heterocycles. The molecule has 3 aromatic carbocycles. The van der Waals surface area contributed by atoms with Crippen molar-refractivity contribution < 1.29 is 19.4 Å². The molecule has 0 fully saturated rings. The second kappa shape index (κ2) is 8.98. The van der Waals surface area contributed by atoms with Crippen molar-refractivity contribution in [1.82, 2.24) is 0 Å². The van der Waals surface area contributed by atoms with Crippen molar-refractivity contribution >= 4 is 11.9 Å². The predicted octanol–water partition coefficient (Wildman–Crippen LogP) is 6.11. The lowest BCUT2D eigenvalue weighted by Crippen LogP contribution is -2.22. The fourth-order valence-electron chi connectivity index (χ4n) is 5.24. The summed E-state index contributed by atoms with van der Waals surface area (Å²) in [6.07, 6.45) is 0. The molecule has 0 spiro atoms. The van der Waals surface area contributed by atoms with Crippen molar-refractivity contribution in [3.8, 4) is 5.75 Å². The summed E-state index contributed by atoms with van der Waals surface area (Å²) in [4.78, 5) is 25.1. The summed E-state index contributed by atoms with van der Waals surface area (Å²) < 4.78 is 6.18. The number of aromatic carboxylic acids is 1. The van der Waals surface area contributed by atoms with Crippen LogP contribution in [0.3, 0.4) is 0 Å². The number of rotatable bonds is 5. The topological polar surface area (TPSA) is 89.6 Å². The van der Waals surface area contributed by atoms with Gasteiger partial charge < -0.3 is 15.6 Å². The predicted molar refractivity (Wildman–Crippen MR) is 133 cm³/mol. The zero-order valence-corrected chi connectivity index (χ0v) is 20.3. The van der Waals surface area contributed by atoms with Gasteiger partial charge in [-0.2, -0.15) is 0 Å². The molecule has 1 unspecified atom stereocenters. The highest BCUT2D eigenvalue weighted by Crippen LogP contribution is 2.49. The molecule has 0 aromatic heterocycles. The Hall–Kier alpha value is -3.60. The van der Waals surface area contributed by atoms with Crippen LogP contribution in [0.2, 0.25) is 0 Å². The van der Waals surface area contributed by atoms with Gasteiger partial charge in [-0.25, -0.2) is 4.79 Å². The number of nitrogens with two attached hydrogens (primary N) is 1. The van der Waals surface area contributed by atoms with Crippen LogP contribution in [0.15, 0.2) is 48.5 Å². The lowest BCUT2D eigenvalue weighted by atomic mass is 9.73. The number of amides is 1. The summed E-state index contributed by atoms with van der Waals surface area (Å²) in [7, 11) is 0. The molecule has 0 aliphatic carbocycles. The summed E-state index contributed by atoms with van der Waals surface area (Å²) in [5, 5.41) is 10.0. The number of benzene rings is 3. The van der Waals surface area contributed by atoms with Gasteiger partial charge in [0.05, 0.1) is 0 Å². The highest BCUT2D eigenvalue weighted by atomic mass is 16.5. The first-order chi connectivity index (χ1) is 16.1. The third-order valence-corrected chi connectivity index (χ3v) is 6.72. The molecule has 1 amide bonds. The number of fused-ring (bicyclic) bond motifs is 2. The van der Waals surface area contributed by atoms with Crippen molar-refractivity contribution in [3.05, 3.63) is 98.6 Å². The second-order valence-corrected chi connectivity index (χ2v) is 9.61. The number of carboxylic acids is 1.